The number of halogens is 1. The highest BCUT2D eigenvalue weighted by atomic mass is 19.1. The lowest BCUT2D eigenvalue weighted by Gasteiger charge is -2.32. The highest BCUT2D eigenvalue weighted by Crippen LogP contribution is 2.38. The minimum absolute atomic E-state index is 0.154. The first kappa shape index (κ1) is 16.2. The van der Waals surface area contributed by atoms with Crippen molar-refractivity contribution in [3.8, 4) is 0 Å². The summed E-state index contributed by atoms with van der Waals surface area (Å²) in [5.41, 5.74) is -1.63. The molecular formula is C13H22BFO4. The van der Waals surface area contributed by atoms with E-state index in [2.05, 4.69) is 0 Å². The van der Waals surface area contributed by atoms with Crippen molar-refractivity contribution in [3.63, 3.8) is 0 Å². The Morgan fingerprint density at radius 1 is 1.26 bits per heavy atom. The maximum Gasteiger partial charge on any atom is 0.524 e. The van der Waals surface area contributed by atoms with Crippen molar-refractivity contribution < 1.29 is 23.2 Å². The molecule has 1 aliphatic rings. The van der Waals surface area contributed by atoms with E-state index in [1.54, 1.807) is 6.92 Å². The SMILES string of the molecule is CCOC(=O)CCC=C(F)B1OC(C)(C)C(C)(C)O1. The maximum atomic E-state index is 13.9. The van der Waals surface area contributed by atoms with E-state index in [1.807, 2.05) is 27.7 Å². The number of carbonyl (C=O) groups is 1. The van der Waals surface area contributed by atoms with E-state index < -0.39 is 24.0 Å². The van der Waals surface area contributed by atoms with Gasteiger partial charge < -0.3 is 14.0 Å². The van der Waals surface area contributed by atoms with Crippen LogP contribution in [0.25, 0.3) is 0 Å². The molecule has 0 spiro atoms. The Morgan fingerprint density at radius 3 is 2.26 bits per heavy atom. The van der Waals surface area contributed by atoms with Crippen molar-refractivity contribution in [2.75, 3.05) is 6.61 Å². The molecular weight excluding hydrogens is 250 g/mol. The zero-order valence-electron chi connectivity index (χ0n) is 12.3. The zero-order valence-corrected chi connectivity index (χ0v) is 12.3. The Kier molecular flexibility index (Phi) is 5.15. The molecule has 0 unspecified atom stereocenters. The third kappa shape index (κ3) is 4.04. The van der Waals surface area contributed by atoms with Gasteiger partial charge in [0.1, 0.15) is 5.73 Å². The highest BCUT2D eigenvalue weighted by Gasteiger charge is 2.52. The van der Waals surface area contributed by atoms with Crippen LogP contribution in [-0.2, 0) is 18.8 Å². The van der Waals surface area contributed by atoms with Gasteiger partial charge in [0, 0.05) is 6.42 Å². The standard InChI is InChI=1S/C13H22BFO4/c1-6-17-11(16)9-7-8-10(15)14-18-12(2,3)13(4,5)19-14/h8H,6-7,9H2,1-5H3. The summed E-state index contributed by atoms with van der Waals surface area (Å²) in [7, 11) is -0.993. The molecule has 1 aliphatic heterocycles. The normalized spacial score (nSPS) is 21.6. The van der Waals surface area contributed by atoms with Crippen LogP contribution in [0.2, 0.25) is 0 Å². The molecule has 1 rings (SSSR count). The number of ether oxygens (including phenoxy) is 1. The fraction of sp³-hybridized carbons (Fsp3) is 0.769. The molecule has 6 heteroatoms. The van der Waals surface area contributed by atoms with Gasteiger partial charge in [0.25, 0.3) is 0 Å². The van der Waals surface area contributed by atoms with Crippen LogP contribution in [0, 0.1) is 0 Å². The highest BCUT2D eigenvalue weighted by molar-refractivity contribution is 6.53. The fourth-order valence-corrected chi connectivity index (χ4v) is 1.61. The van der Waals surface area contributed by atoms with Crippen LogP contribution in [0.1, 0.15) is 47.5 Å². The number of allylic oxidation sites excluding steroid dienone is 1. The van der Waals surface area contributed by atoms with Gasteiger partial charge in [-0.2, -0.15) is 0 Å². The molecule has 0 amide bonds. The molecule has 0 N–H and O–H groups in total. The van der Waals surface area contributed by atoms with Crippen molar-refractivity contribution in [1.29, 1.82) is 0 Å². The lowest BCUT2D eigenvalue weighted by Crippen LogP contribution is -2.41. The second-order valence-electron chi connectivity index (χ2n) is 5.52. The molecule has 0 bridgehead atoms. The monoisotopic (exact) mass is 272 g/mol. The van der Waals surface area contributed by atoms with Crippen LogP contribution in [0.15, 0.2) is 11.8 Å². The molecule has 1 fully saturated rings. The summed E-state index contributed by atoms with van der Waals surface area (Å²) in [6, 6.07) is 0. The summed E-state index contributed by atoms with van der Waals surface area (Å²) in [5, 5.41) is 0. The summed E-state index contributed by atoms with van der Waals surface area (Å²) in [4.78, 5) is 11.1. The summed E-state index contributed by atoms with van der Waals surface area (Å²) in [6.45, 7) is 9.51. The summed E-state index contributed by atoms with van der Waals surface area (Å²) < 4.78 is 29.8. The van der Waals surface area contributed by atoms with Crippen molar-refractivity contribution in [2.24, 2.45) is 0 Å². The van der Waals surface area contributed by atoms with Crippen LogP contribution in [0.3, 0.4) is 0 Å². The lowest BCUT2D eigenvalue weighted by molar-refractivity contribution is -0.143. The Morgan fingerprint density at radius 2 is 1.79 bits per heavy atom. The molecule has 4 nitrogen and oxygen atoms in total. The molecule has 0 saturated carbocycles. The molecule has 108 valence electrons. The molecule has 0 aliphatic carbocycles. The third-order valence-electron chi connectivity index (χ3n) is 3.47. The average Bonchev–Trinajstić information content (AvgIpc) is 2.48. The summed E-state index contributed by atoms with van der Waals surface area (Å²) in [6.07, 6.45) is 1.74. The average molecular weight is 272 g/mol. The van der Waals surface area contributed by atoms with Gasteiger partial charge >= 0.3 is 13.1 Å². The van der Waals surface area contributed by atoms with E-state index in [0.717, 1.165) is 0 Å². The van der Waals surface area contributed by atoms with Crippen LogP contribution >= 0.6 is 0 Å². The predicted molar refractivity (Wildman–Crippen MR) is 71.1 cm³/mol. The molecule has 0 aromatic carbocycles. The molecule has 0 aromatic rings. The van der Waals surface area contributed by atoms with E-state index >= 15 is 0 Å². The van der Waals surface area contributed by atoms with Crippen molar-refractivity contribution >= 4 is 13.1 Å². The van der Waals surface area contributed by atoms with Crippen molar-refractivity contribution in [3.05, 3.63) is 11.8 Å². The van der Waals surface area contributed by atoms with E-state index in [-0.39, 0.29) is 18.8 Å². The molecule has 0 atom stereocenters. The van der Waals surface area contributed by atoms with Gasteiger partial charge in [0.2, 0.25) is 0 Å². The van der Waals surface area contributed by atoms with Crippen molar-refractivity contribution in [2.45, 2.75) is 58.7 Å². The minimum atomic E-state index is -0.993. The number of hydrogen-bond donors (Lipinski definition) is 0. The van der Waals surface area contributed by atoms with Gasteiger partial charge in [-0.15, -0.1) is 0 Å². The second-order valence-corrected chi connectivity index (χ2v) is 5.52. The second kappa shape index (κ2) is 6.05. The summed E-state index contributed by atoms with van der Waals surface area (Å²) in [5.74, 6) is -0.333. The molecule has 0 radical (unpaired) electrons. The van der Waals surface area contributed by atoms with E-state index in [1.165, 1.54) is 6.08 Å². The van der Waals surface area contributed by atoms with Gasteiger partial charge in [-0.1, -0.05) is 6.08 Å². The number of carbonyl (C=O) groups excluding carboxylic acids is 1. The Bertz CT molecular complexity index is 350. The maximum absolute atomic E-state index is 13.9. The number of hydrogen-bond acceptors (Lipinski definition) is 4. The van der Waals surface area contributed by atoms with Gasteiger partial charge in [0.05, 0.1) is 17.8 Å². The van der Waals surface area contributed by atoms with E-state index in [9.17, 15) is 9.18 Å². The number of rotatable bonds is 5. The van der Waals surface area contributed by atoms with Gasteiger partial charge in [0.15, 0.2) is 0 Å². The topological polar surface area (TPSA) is 44.8 Å². The molecule has 1 heterocycles. The smallest absolute Gasteiger partial charge is 0.466 e. The van der Waals surface area contributed by atoms with E-state index in [0.29, 0.717) is 6.61 Å². The fourth-order valence-electron chi connectivity index (χ4n) is 1.61. The first-order valence-electron chi connectivity index (χ1n) is 6.56. The van der Waals surface area contributed by atoms with E-state index in [4.69, 9.17) is 14.0 Å². The Balaban J connectivity index is 2.51. The summed E-state index contributed by atoms with van der Waals surface area (Å²) >= 11 is 0. The van der Waals surface area contributed by atoms with Crippen LogP contribution < -0.4 is 0 Å². The molecule has 0 aromatic heterocycles. The van der Waals surface area contributed by atoms with Gasteiger partial charge in [-0.05, 0) is 41.0 Å². The van der Waals surface area contributed by atoms with Crippen LogP contribution in [0.5, 0.6) is 0 Å². The quantitative estimate of drug-likeness (QED) is 0.570. The lowest BCUT2D eigenvalue weighted by atomic mass is 9.87. The molecule has 19 heavy (non-hydrogen) atoms. The number of esters is 1. The van der Waals surface area contributed by atoms with Crippen LogP contribution in [-0.4, -0.2) is 30.9 Å². The van der Waals surface area contributed by atoms with Gasteiger partial charge in [-0.25, -0.2) is 4.39 Å². The van der Waals surface area contributed by atoms with Gasteiger partial charge in [-0.3, -0.25) is 4.79 Å². The largest absolute Gasteiger partial charge is 0.524 e. The van der Waals surface area contributed by atoms with Crippen molar-refractivity contribution in [1.82, 2.24) is 0 Å². The predicted octanol–water partition coefficient (Wildman–Crippen LogP) is 2.81. The molecule has 1 saturated heterocycles. The van der Waals surface area contributed by atoms with Crippen LogP contribution in [0.4, 0.5) is 4.39 Å². The first-order chi connectivity index (χ1) is 8.69. The zero-order chi connectivity index (χ0) is 14.7. The third-order valence-corrected chi connectivity index (χ3v) is 3.47. The Hall–Kier alpha value is -0.875. The minimum Gasteiger partial charge on any atom is -0.466 e. The first-order valence-corrected chi connectivity index (χ1v) is 6.56. The Labute approximate surface area is 114 Å².